The number of anilines is 2. The van der Waals surface area contributed by atoms with Crippen LogP contribution in [0.3, 0.4) is 0 Å². The third-order valence-electron chi connectivity index (χ3n) is 5.97. The molecule has 0 aromatic heterocycles. The van der Waals surface area contributed by atoms with E-state index in [0.717, 1.165) is 31.4 Å². The molecule has 1 atom stereocenters. The summed E-state index contributed by atoms with van der Waals surface area (Å²) in [5.74, 6) is 1.23. The largest absolute Gasteiger partial charge is 0.492 e. The lowest BCUT2D eigenvalue weighted by Gasteiger charge is -2.33. The van der Waals surface area contributed by atoms with Gasteiger partial charge in [-0.2, -0.15) is 0 Å². The molecule has 2 aromatic carbocycles. The Morgan fingerprint density at radius 1 is 1.12 bits per heavy atom. The van der Waals surface area contributed by atoms with Crippen LogP contribution in [0.15, 0.2) is 42.5 Å². The first-order chi connectivity index (χ1) is 15.5. The molecule has 4 rings (SSSR count). The highest BCUT2D eigenvalue weighted by Crippen LogP contribution is 2.36. The molecule has 32 heavy (non-hydrogen) atoms. The smallest absolute Gasteiger partial charge is 0.319 e. The topological polar surface area (TPSA) is 79.9 Å². The first-order valence-corrected chi connectivity index (χ1v) is 11.4. The number of amides is 3. The van der Waals surface area contributed by atoms with Crippen LogP contribution in [0.4, 0.5) is 16.2 Å². The zero-order valence-electron chi connectivity index (χ0n) is 18.7. The van der Waals surface area contributed by atoms with Crippen LogP contribution in [-0.4, -0.2) is 37.2 Å². The van der Waals surface area contributed by atoms with E-state index in [4.69, 9.17) is 9.47 Å². The summed E-state index contributed by atoms with van der Waals surface area (Å²) >= 11 is 0. The van der Waals surface area contributed by atoms with Crippen molar-refractivity contribution in [2.24, 2.45) is 0 Å². The van der Waals surface area contributed by atoms with Crippen LogP contribution in [0.2, 0.25) is 0 Å². The van der Waals surface area contributed by atoms with Crippen LogP contribution in [0.5, 0.6) is 11.5 Å². The number of carbonyl (C=O) groups is 2. The molecule has 2 aliphatic rings. The van der Waals surface area contributed by atoms with Gasteiger partial charge < -0.3 is 25.0 Å². The van der Waals surface area contributed by atoms with Gasteiger partial charge in [0.2, 0.25) is 0 Å². The third-order valence-corrected chi connectivity index (χ3v) is 5.97. The van der Waals surface area contributed by atoms with Gasteiger partial charge in [-0.25, -0.2) is 4.79 Å². The third kappa shape index (κ3) is 5.33. The van der Waals surface area contributed by atoms with Crippen molar-refractivity contribution in [3.05, 3.63) is 48.0 Å². The average Bonchev–Trinajstić information content (AvgIpc) is 2.78. The van der Waals surface area contributed by atoms with Crippen molar-refractivity contribution in [1.29, 1.82) is 0 Å². The number of nitrogens with zero attached hydrogens (tertiary/aromatic N) is 1. The average molecular weight is 438 g/mol. The fraction of sp³-hybridized carbons (Fsp3) is 0.440. The first kappa shape index (κ1) is 22.0. The van der Waals surface area contributed by atoms with Gasteiger partial charge in [-0.05, 0) is 51.0 Å². The maximum atomic E-state index is 12.7. The summed E-state index contributed by atoms with van der Waals surface area (Å²) in [4.78, 5) is 26.8. The predicted octanol–water partition coefficient (Wildman–Crippen LogP) is 4.64. The summed E-state index contributed by atoms with van der Waals surface area (Å²) in [5, 5.41) is 5.94. The lowest BCUT2D eigenvalue weighted by molar-refractivity contribution is -0.125. The Morgan fingerprint density at radius 2 is 1.88 bits per heavy atom. The number of nitrogens with one attached hydrogen (secondary N) is 2. The van der Waals surface area contributed by atoms with Crippen molar-refractivity contribution < 1.29 is 19.1 Å². The molecule has 1 fully saturated rings. The highest BCUT2D eigenvalue weighted by atomic mass is 16.5. The summed E-state index contributed by atoms with van der Waals surface area (Å²) in [7, 11) is 0. The van der Waals surface area contributed by atoms with Gasteiger partial charge in [0.25, 0.3) is 5.91 Å². The number of benzene rings is 2. The van der Waals surface area contributed by atoms with Gasteiger partial charge in [-0.3, -0.25) is 4.79 Å². The van der Waals surface area contributed by atoms with Gasteiger partial charge in [0, 0.05) is 17.8 Å². The minimum absolute atomic E-state index is 0.110. The Hall–Kier alpha value is -3.22. The molecule has 1 aliphatic heterocycles. The molecular formula is C25H31N3O4. The molecular weight excluding hydrogens is 406 g/mol. The minimum atomic E-state index is -0.604. The Labute approximate surface area is 189 Å². The summed E-state index contributed by atoms with van der Waals surface area (Å²) in [6.07, 6.45) is 5.01. The normalized spacial score (nSPS) is 18.5. The Bertz CT molecular complexity index is 954. The van der Waals surface area contributed by atoms with Crippen LogP contribution in [0, 0.1) is 6.92 Å². The first-order valence-electron chi connectivity index (χ1n) is 11.4. The predicted molar refractivity (Wildman–Crippen MR) is 125 cm³/mol. The highest BCUT2D eigenvalue weighted by Gasteiger charge is 2.31. The van der Waals surface area contributed by atoms with E-state index in [0.29, 0.717) is 30.3 Å². The van der Waals surface area contributed by atoms with Gasteiger partial charge in [0.05, 0.1) is 12.2 Å². The maximum absolute atomic E-state index is 12.7. The second-order valence-corrected chi connectivity index (χ2v) is 8.53. The molecule has 0 spiro atoms. The zero-order chi connectivity index (χ0) is 22.5. The number of urea groups is 1. The van der Waals surface area contributed by atoms with Crippen molar-refractivity contribution in [3.8, 4) is 11.5 Å². The molecule has 7 nitrogen and oxygen atoms in total. The van der Waals surface area contributed by atoms with Crippen LogP contribution >= 0.6 is 0 Å². The Morgan fingerprint density at radius 3 is 2.62 bits per heavy atom. The highest BCUT2D eigenvalue weighted by molar-refractivity contribution is 6.00. The number of carbonyl (C=O) groups excluding carboxylic acids is 2. The van der Waals surface area contributed by atoms with E-state index in [1.165, 1.54) is 12.0 Å². The van der Waals surface area contributed by atoms with Crippen molar-refractivity contribution in [1.82, 2.24) is 5.32 Å². The lowest BCUT2D eigenvalue weighted by atomic mass is 9.96. The summed E-state index contributed by atoms with van der Waals surface area (Å²) in [6.45, 7) is 4.53. The number of hydrogen-bond acceptors (Lipinski definition) is 4. The molecule has 7 heteroatoms. The van der Waals surface area contributed by atoms with Crippen molar-refractivity contribution in [3.63, 3.8) is 0 Å². The van der Waals surface area contributed by atoms with Crippen molar-refractivity contribution >= 4 is 23.3 Å². The van der Waals surface area contributed by atoms with Gasteiger partial charge >= 0.3 is 6.03 Å². The zero-order valence-corrected chi connectivity index (χ0v) is 18.7. The van der Waals surface area contributed by atoms with E-state index in [1.807, 2.05) is 31.2 Å². The van der Waals surface area contributed by atoms with E-state index in [9.17, 15) is 9.59 Å². The summed E-state index contributed by atoms with van der Waals surface area (Å²) in [6, 6.07) is 13.2. The molecule has 1 aliphatic carbocycles. The standard InChI is InChI=1S/C25H31N3O4/c1-17-8-11-21(12-9-17)31-15-14-28-22-13-10-20(16-23(22)32-18(2)24(28)29)27-25(30)26-19-6-4-3-5-7-19/h8-13,16,18-19H,3-7,14-15H2,1-2H3,(H2,26,27,30). The summed E-state index contributed by atoms with van der Waals surface area (Å²) in [5.41, 5.74) is 2.48. The number of rotatable bonds is 6. The van der Waals surface area contributed by atoms with Crippen LogP contribution < -0.4 is 25.0 Å². The second kappa shape index (κ2) is 9.94. The van der Waals surface area contributed by atoms with Crippen LogP contribution in [0.1, 0.15) is 44.6 Å². The molecule has 0 radical (unpaired) electrons. The number of aryl methyl sites for hydroxylation is 1. The molecule has 2 N–H and O–H groups in total. The van der Waals surface area contributed by atoms with Crippen LogP contribution in [-0.2, 0) is 4.79 Å². The second-order valence-electron chi connectivity index (χ2n) is 8.53. The van der Waals surface area contributed by atoms with E-state index in [-0.39, 0.29) is 18.0 Å². The van der Waals surface area contributed by atoms with Crippen molar-refractivity contribution in [2.45, 2.75) is 58.1 Å². The van der Waals surface area contributed by atoms with Gasteiger partial charge in [-0.15, -0.1) is 0 Å². The molecule has 170 valence electrons. The fourth-order valence-corrected chi connectivity index (χ4v) is 4.21. The number of fused-ring (bicyclic) bond motifs is 1. The lowest BCUT2D eigenvalue weighted by Crippen LogP contribution is -2.46. The van der Waals surface area contributed by atoms with Gasteiger partial charge in [0.15, 0.2) is 6.10 Å². The van der Waals surface area contributed by atoms with E-state index in [2.05, 4.69) is 10.6 Å². The van der Waals surface area contributed by atoms with Gasteiger partial charge in [0.1, 0.15) is 18.1 Å². The minimum Gasteiger partial charge on any atom is -0.492 e. The molecule has 0 saturated heterocycles. The molecule has 1 heterocycles. The van der Waals surface area contributed by atoms with Gasteiger partial charge in [-0.1, -0.05) is 37.0 Å². The van der Waals surface area contributed by atoms with E-state index >= 15 is 0 Å². The Balaban J connectivity index is 1.39. The van der Waals surface area contributed by atoms with E-state index in [1.54, 1.807) is 30.0 Å². The molecule has 1 saturated carbocycles. The molecule has 1 unspecified atom stereocenters. The Kier molecular flexibility index (Phi) is 6.83. The SMILES string of the molecule is Cc1ccc(OCCN2C(=O)C(C)Oc3cc(NC(=O)NC4CCCCC4)ccc32)cc1. The number of ether oxygens (including phenoxy) is 2. The number of hydrogen-bond donors (Lipinski definition) is 2. The molecule has 2 aromatic rings. The quantitative estimate of drug-likeness (QED) is 0.690. The summed E-state index contributed by atoms with van der Waals surface area (Å²) < 4.78 is 11.6. The monoisotopic (exact) mass is 437 g/mol. The van der Waals surface area contributed by atoms with E-state index < -0.39 is 6.10 Å². The fourth-order valence-electron chi connectivity index (χ4n) is 4.21. The van der Waals surface area contributed by atoms with Crippen LogP contribution in [0.25, 0.3) is 0 Å². The molecule has 0 bridgehead atoms. The van der Waals surface area contributed by atoms with Crippen molar-refractivity contribution in [2.75, 3.05) is 23.4 Å². The maximum Gasteiger partial charge on any atom is 0.319 e. The molecule has 3 amide bonds.